The monoisotopic (exact) mass is 452 g/mol. The number of likely N-dealkylation sites (N-methyl/N-ethyl adjacent to an activating group) is 1. The number of nitrogens with one attached hydrogen (secondary N) is 1. The predicted molar refractivity (Wildman–Crippen MR) is 113 cm³/mol. The van der Waals surface area contributed by atoms with Crippen LogP contribution in [0.1, 0.15) is 32.1 Å². The fraction of sp³-hybridized carbons (Fsp3) is 0.591. The highest BCUT2D eigenvalue weighted by molar-refractivity contribution is 5.83. The summed E-state index contributed by atoms with van der Waals surface area (Å²) < 4.78 is 31.9. The van der Waals surface area contributed by atoms with E-state index in [4.69, 9.17) is 10.5 Å². The van der Waals surface area contributed by atoms with Gasteiger partial charge in [0, 0.05) is 26.1 Å². The van der Waals surface area contributed by atoms with Gasteiger partial charge in [0.05, 0.1) is 12.6 Å². The maximum absolute atomic E-state index is 13.4. The van der Waals surface area contributed by atoms with E-state index in [0.717, 1.165) is 4.90 Å². The summed E-state index contributed by atoms with van der Waals surface area (Å²) in [6, 6.07) is 7.69. The second kappa shape index (κ2) is 10.2. The molecule has 1 aromatic rings. The number of carbonyl (C=O) groups is 3. The number of para-hydroxylation sites is 1. The standard InChI is InChI=1S/C22H30F2N4O4/c1-27(21(31)32-17-5-3-2-4-6-17)13-18(29)26-16-9-7-15(8-10-16)19(25)20(30)28-12-11-22(23,24)14-28/h2-6,15-16,19H,7-14,25H2,1H3,(H,26,29)/t15-,16-,19-/m0/s1. The van der Waals surface area contributed by atoms with Crippen LogP contribution in [-0.4, -0.2) is 72.4 Å². The SMILES string of the molecule is CN(CC(=O)N[C@H]1CC[C@H]([C@H](N)C(=O)N2CCC(F)(F)C2)CC1)C(=O)Oc1ccccc1. The molecular weight excluding hydrogens is 422 g/mol. The number of hydrogen-bond donors (Lipinski definition) is 2. The molecule has 1 aliphatic carbocycles. The molecule has 1 saturated carbocycles. The summed E-state index contributed by atoms with van der Waals surface area (Å²) in [6.45, 7) is -0.677. The molecule has 0 unspecified atom stereocenters. The molecule has 10 heteroatoms. The van der Waals surface area contributed by atoms with E-state index in [0.29, 0.717) is 31.4 Å². The van der Waals surface area contributed by atoms with Gasteiger partial charge in [-0.3, -0.25) is 9.59 Å². The third-order valence-corrected chi connectivity index (χ3v) is 6.05. The van der Waals surface area contributed by atoms with Crippen LogP contribution in [0, 0.1) is 5.92 Å². The van der Waals surface area contributed by atoms with Gasteiger partial charge < -0.3 is 25.6 Å². The van der Waals surface area contributed by atoms with Crippen molar-refractivity contribution in [1.82, 2.24) is 15.1 Å². The Morgan fingerprint density at radius 3 is 2.47 bits per heavy atom. The Labute approximate surface area is 186 Å². The summed E-state index contributed by atoms with van der Waals surface area (Å²) in [7, 11) is 1.48. The van der Waals surface area contributed by atoms with Crippen LogP contribution in [0.4, 0.5) is 13.6 Å². The van der Waals surface area contributed by atoms with E-state index >= 15 is 0 Å². The van der Waals surface area contributed by atoms with Crippen LogP contribution in [0.3, 0.4) is 0 Å². The second-order valence-corrected chi connectivity index (χ2v) is 8.61. The van der Waals surface area contributed by atoms with Gasteiger partial charge in [-0.25, -0.2) is 13.6 Å². The number of alkyl halides is 2. The molecule has 1 saturated heterocycles. The predicted octanol–water partition coefficient (Wildman–Crippen LogP) is 1.99. The fourth-order valence-corrected chi connectivity index (χ4v) is 4.18. The molecule has 32 heavy (non-hydrogen) atoms. The van der Waals surface area contributed by atoms with E-state index in [1.807, 2.05) is 0 Å². The van der Waals surface area contributed by atoms with Crippen molar-refractivity contribution >= 4 is 17.9 Å². The molecule has 0 radical (unpaired) electrons. The van der Waals surface area contributed by atoms with Crippen molar-refractivity contribution in [3.63, 3.8) is 0 Å². The van der Waals surface area contributed by atoms with E-state index in [1.54, 1.807) is 30.3 Å². The number of hydrogen-bond acceptors (Lipinski definition) is 5. The first kappa shape index (κ1) is 23.9. The van der Waals surface area contributed by atoms with Crippen molar-refractivity contribution in [1.29, 1.82) is 0 Å². The zero-order valence-corrected chi connectivity index (χ0v) is 18.1. The van der Waals surface area contributed by atoms with Crippen molar-refractivity contribution in [2.45, 2.75) is 50.1 Å². The highest BCUT2D eigenvalue weighted by atomic mass is 19.3. The fourth-order valence-electron chi connectivity index (χ4n) is 4.18. The summed E-state index contributed by atoms with van der Waals surface area (Å²) >= 11 is 0. The lowest BCUT2D eigenvalue weighted by Gasteiger charge is -2.33. The number of halogens is 2. The normalized spacial score (nSPS) is 23.3. The first-order chi connectivity index (χ1) is 15.1. The van der Waals surface area contributed by atoms with Crippen molar-refractivity contribution in [2.24, 2.45) is 11.7 Å². The smallest absolute Gasteiger partial charge is 0.410 e. The van der Waals surface area contributed by atoms with Crippen LogP contribution >= 0.6 is 0 Å². The molecule has 1 aliphatic heterocycles. The van der Waals surface area contributed by atoms with Crippen molar-refractivity contribution in [3.05, 3.63) is 30.3 Å². The highest BCUT2D eigenvalue weighted by Crippen LogP contribution is 2.30. The molecule has 0 spiro atoms. The van der Waals surface area contributed by atoms with E-state index in [9.17, 15) is 23.2 Å². The summed E-state index contributed by atoms with van der Waals surface area (Å²) in [5.41, 5.74) is 6.09. The van der Waals surface area contributed by atoms with Gasteiger partial charge in [0.15, 0.2) is 0 Å². The Morgan fingerprint density at radius 2 is 1.88 bits per heavy atom. The molecule has 1 atom stereocenters. The molecule has 176 valence electrons. The Hall–Kier alpha value is -2.75. The minimum absolute atomic E-state index is 0.0329. The van der Waals surface area contributed by atoms with Gasteiger partial charge >= 0.3 is 6.09 Å². The Bertz CT molecular complexity index is 815. The topological polar surface area (TPSA) is 105 Å². The molecule has 8 nitrogen and oxygen atoms in total. The lowest BCUT2D eigenvalue weighted by atomic mass is 9.81. The maximum atomic E-state index is 13.4. The van der Waals surface area contributed by atoms with E-state index in [1.165, 1.54) is 11.9 Å². The van der Waals surface area contributed by atoms with Gasteiger partial charge in [0.1, 0.15) is 12.3 Å². The summed E-state index contributed by atoms with van der Waals surface area (Å²) in [5, 5.41) is 2.90. The quantitative estimate of drug-likeness (QED) is 0.687. The molecule has 3 rings (SSSR count). The van der Waals surface area contributed by atoms with Crippen LogP contribution < -0.4 is 15.8 Å². The van der Waals surface area contributed by atoms with Gasteiger partial charge in [0.2, 0.25) is 11.8 Å². The van der Waals surface area contributed by atoms with Crippen LogP contribution in [0.5, 0.6) is 5.75 Å². The molecular formula is C22H30F2N4O4. The molecule has 2 fully saturated rings. The number of ether oxygens (including phenoxy) is 1. The Balaban J connectivity index is 1.39. The number of likely N-dealkylation sites (tertiary alicyclic amines) is 1. The number of benzene rings is 1. The second-order valence-electron chi connectivity index (χ2n) is 8.61. The third kappa shape index (κ3) is 6.38. The minimum atomic E-state index is -2.84. The molecule has 3 N–H and O–H groups in total. The first-order valence-corrected chi connectivity index (χ1v) is 10.8. The number of nitrogens with zero attached hydrogens (tertiary/aromatic N) is 2. The lowest BCUT2D eigenvalue weighted by Crippen LogP contribution is -2.50. The molecule has 3 amide bonds. The molecule has 1 aromatic carbocycles. The Kier molecular flexibility index (Phi) is 7.65. The van der Waals surface area contributed by atoms with Gasteiger partial charge in [-0.05, 0) is 43.7 Å². The zero-order chi connectivity index (χ0) is 23.3. The number of nitrogens with two attached hydrogens (primary N) is 1. The summed E-state index contributed by atoms with van der Waals surface area (Å²) in [6.07, 6.45) is 1.55. The van der Waals surface area contributed by atoms with Gasteiger partial charge in [0.25, 0.3) is 5.92 Å². The molecule has 1 heterocycles. The zero-order valence-electron chi connectivity index (χ0n) is 18.1. The average molecular weight is 453 g/mol. The molecule has 0 bridgehead atoms. The van der Waals surface area contributed by atoms with Crippen LogP contribution in [-0.2, 0) is 9.59 Å². The van der Waals surface area contributed by atoms with E-state index in [-0.39, 0.29) is 37.4 Å². The largest absolute Gasteiger partial charge is 0.415 e. The van der Waals surface area contributed by atoms with Crippen LogP contribution in [0.25, 0.3) is 0 Å². The van der Waals surface area contributed by atoms with E-state index in [2.05, 4.69) is 5.32 Å². The van der Waals surface area contributed by atoms with Crippen molar-refractivity contribution < 1.29 is 27.9 Å². The summed E-state index contributed by atoms with van der Waals surface area (Å²) in [5.74, 6) is -3.27. The summed E-state index contributed by atoms with van der Waals surface area (Å²) in [4.78, 5) is 39.2. The van der Waals surface area contributed by atoms with Crippen LogP contribution in [0.2, 0.25) is 0 Å². The van der Waals surface area contributed by atoms with Gasteiger partial charge in [-0.1, -0.05) is 18.2 Å². The first-order valence-electron chi connectivity index (χ1n) is 10.8. The molecule has 2 aliphatic rings. The average Bonchev–Trinajstić information content (AvgIpc) is 3.13. The minimum Gasteiger partial charge on any atom is -0.410 e. The highest BCUT2D eigenvalue weighted by Gasteiger charge is 2.42. The van der Waals surface area contributed by atoms with Crippen molar-refractivity contribution in [2.75, 3.05) is 26.7 Å². The number of amides is 3. The maximum Gasteiger partial charge on any atom is 0.415 e. The third-order valence-electron chi connectivity index (χ3n) is 6.05. The number of rotatable bonds is 6. The van der Waals surface area contributed by atoms with E-state index < -0.39 is 30.5 Å². The van der Waals surface area contributed by atoms with Gasteiger partial charge in [-0.2, -0.15) is 0 Å². The van der Waals surface area contributed by atoms with Crippen LogP contribution in [0.15, 0.2) is 30.3 Å². The Morgan fingerprint density at radius 1 is 1.22 bits per heavy atom. The van der Waals surface area contributed by atoms with Gasteiger partial charge in [-0.15, -0.1) is 0 Å². The number of carbonyl (C=O) groups excluding carboxylic acids is 3. The van der Waals surface area contributed by atoms with Crippen molar-refractivity contribution in [3.8, 4) is 5.75 Å². The lowest BCUT2D eigenvalue weighted by molar-refractivity contribution is -0.134. The molecule has 0 aromatic heterocycles.